The van der Waals surface area contributed by atoms with E-state index < -0.39 is 0 Å². The molecule has 20 heavy (non-hydrogen) atoms. The Bertz CT molecular complexity index is 514. The number of hydrogen-bond donors (Lipinski definition) is 1. The Morgan fingerprint density at radius 3 is 2.60 bits per heavy atom. The van der Waals surface area contributed by atoms with Crippen LogP contribution in [-0.2, 0) is 13.1 Å². The van der Waals surface area contributed by atoms with E-state index in [1.807, 2.05) is 16.9 Å². The highest BCUT2D eigenvalue weighted by molar-refractivity contribution is 5.15. The fraction of sp³-hybridized carbons (Fsp3) is 0.438. The summed E-state index contributed by atoms with van der Waals surface area (Å²) in [6.45, 7) is 4.04. The number of piperidine rings is 1. The van der Waals surface area contributed by atoms with E-state index in [1.54, 1.807) is 0 Å². The predicted octanol–water partition coefficient (Wildman–Crippen LogP) is 2.42. The summed E-state index contributed by atoms with van der Waals surface area (Å²) in [6.07, 6.45) is 8.07. The molecule has 1 aliphatic rings. The molecule has 1 saturated heterocycles. The van der Waals surface area contributed by atoms with E-state index in [-0.39, 0.29) is 0 Å². The summed E-state index contributed by atoms with van der Waals surface area (Å²) in [5, 5.41) is 6.76. The monoisotopic (exact) mass is 270 g/mol. The van der Waals surface area contributed by atoms with Gasteiger partial charge in [-0.25, -0.2) is 5.01 Å². The molecule has 1 aromatic carbocycles. The molecule has 0 atom stereocenters. The Kier molecular flexibility index (Phi) is 4.46. The number of hydrogen-bond acceptors (Lipinski definition) is 3. The zero-order chi connectivity index (χ0) is 13.6. The zero-order valence-electron chi connectivity index (χ0n) is 11.8. The summed E-state index contributed by atoms with van der Waals surface area (Å²) >= 11 is 0. The van der Waals surface area contributed by atoms with Gasteiger partial charge in [0, 0.05) is 31.4 Å². The summed E-state index contributed by atoms with van der Waals surface area (Å²) < 4.78 is 2.00. The standard InChI is InChI=1S/C16H22N4/c1-3-7-15(8-4-1)13-20-14-16(12-18-20)11-17-19-9-5-2-6-10-19/h1,3-4,7-8,12,14,17H,2,5-6,9-11,13H2. The highest BCUT2D eigenvalue weighted by atomic mass is 15.5. The molecular formula is C16H22N4. The number of aromatic nitrogens is 2. The van der Waals surface area contributed by atoms with Crippen molar-refractivity contribution in [3.8, 4) is 0 Å². The van der Waals surface area contributed by atoms with Gasteiger partial charge in [-0.3, -0.25) is 10.1 Å². The number of rotatable bonds is 5. The molecule has 4 heteroatoms. The van der Waals surface area contributed by atoms with Crippen LogP contribution < -0.4 is 5.43 Å². The van der Waals surface area contributed by atoms with Crippen molar-refractivity contribution in [2.75, 3.05) is 13.1 Å². The normalized spacial score (nSPS) is 16.4. The molecule has 1 aliphatic heterocycles. The molecule has 0 radical (unpaired) electrons. The van der Waals surface area contributed by atoms with Crippen LogP contribution in [0, 0.1) is 0 Å². The van der Waals surface area contributed by atoms with E-state index in [1.165, 1.54) is 30.4 Å². The van der Waals surface area contributed by atoms with Gasteiger partial charge in [-0.05, 0) is 18.4 Å². The average molecular weight is 270 g/mol. The van der Waals surface area contributed by atoms with Crippen molar-refractivity contribution in [1.82, 2.24) is 20.2 Å². The maximum absolute atomic E-state index is 4.43. The van der Waals surface area contributed by atoms with E-state index >= 15 is 0 Å². The fourth-order valence-electron chi connectivity index (χ4n) is 2.61. The van der Waals surface area contributed by atoms with Crippen LogP contribution in [0.2, 0.25) is 0 Å². The van der Waals surface area contributed by atoms with Gasteiger partial charge < -0.3 is 0 Å². The zero-order valence-corrected chi connectivity index (χ0v) is 11.8. The van der Waals surface area contributed by atoms with Gasteiger partial charge in [-0.1, -0.05) is 36.8 Å². The minimum atomic E-state index is 0.838. The number of nitrogens with one attached hydrogen (secondary N) is 1. The van der Waals surface area contributed by atoms with Gasteiger partial charge in [0.1, 0.15) is 0 Å². The quantitative estimate of drug-likeness (QED) is 0.906. The molecular weight excluding hydrogens is 248 g/mol. The molecule has 0 amide bonds. The first kappa shape index (κ1) is 13.3. The molecule has 1 N–H and O–H groups in total. The van der Waals surface area contributed by atoms with Crippen LogP contribution in [0.15, 0.2) is 42.7 Å². The van der Waals surface area contributed by atoms with Crippen molar-refractivity contribution >= 4 is 0 Å². The molecule has 3 rings (SSSR count). The Morgan fingerprint density at radius 1 is 1.00 bits per heavy atom. The minimum absolute atomic E-state index is 0.838. The van der Waals surface area contributed by atoms with Crippen molar-refractivity contribution < 1.29 is 0 Å². The lowest BCUT2D eigenvalue weighted by Crippen LogP contribution is -2.41. The van der Waals surface area contributed by atoms with Gasteiger partial charge in [0.05, 0.1) is 12.7 Å². The maximum atomic E-state index is 4.43. The van der Waals surface area contributed by atoms with Crippen LogP contribution in [0.1, 0.15) is 30.4 Å². The Labute approximate surface area is 120 Å². The average Bonchev–Trinajstić information content (AvgIpc) is 2.95. The lowest BCUT2D eigenvalue weighted by atomic mass is 10.2. The molecule has 0 bridgehead atoms. The van der Waals surface area contributed by atoms with Crippen molar-refractivity contribution in [3.05, 3.63) is 53.9 Å². The molecule has 1 aromatic heterocycles. The predicted molar refractivity (Wildman–Crippen MR) is 80.0 cm³/mol. The van der Waals surface area contributed by atoms with Crippen molar-refractivity contribution in [2.24, 2.45) is 0 Å². The number of hydrazine groups is 1. The lowest BCUT2D eigenvalue weighted by Gasteiger charge is -2.26. The van der Waals surface area contributed by atoms with E-state index in [0.29, 0.717) is 0 Å². The largest absolute Gasteiger partial charge is 0.268 e. The highest BCUT2D eigenvalue weighted by Gasteiger charge is 2.09. The molecule has 0 saturated carbocycles. The molecule has 0 aliphatic carbocycles. The summed E-state index contributed by atoms with van der Waals surface area (Å²) in [5.74, 6) is 0. The van der Waals surface area contributed by atoms with Gasteiger partial charge in [-0.15, -0.1) is 0 Å². The summed E-state index contributed by atoms with van der Waals surface area (Å²) in [6, 6.07) is 10.4. The topological polar surface area (TPSA) is 33.1 Å². The van der Waals surface area contributed by atoms with E-state index in [4.69, 9.17) is 0 Å². The van der Waals surface area contributed by atoms with Crippen LogP contribution in [-0.4, -0.2) is 27.9 Å². The van der Waals surface area contributed by atoms with Crippen molar-refractivity contribution in [3.63, 3.8) is 0 Å². The molecule has 0 unspecified atom stereocenters. The van der Waals surface area contributed by atoms with Crippen LogP contribution in [0.25, 0.3) is 0 Å². The van der Waals surface area contributed by atoms with Crippen LogP contribution >= 0.6 is 0 Å². The third kappa shape index (κ3) is 3.68. The van der Waals surface area contributed by atoms with Crippen LogP contribution in [0.3, 0.4) is 0 Å². The van der Waals surface area contributed by atoms with Gasteiger partial charge in [-0.2, -0.15) is 5.10 Å². The Hall–Kier alpha value is -1.65. The van der Waals surface area contributed by atoms with Crippen LogP contribution in [0.5, 0.6) is 0 Å². The third-order valence-corrected chi connectivity index (χ3v) is 3.74. The minimum Gasteiger partial charge on any atom is -0.268 e. The Balaban J connectivity index is 1.51. The highest BCUT2D eigenvalue weighted by Crippen LogP contribution is 2.07. The molecule has 2 heterocycles. The van der Waals surface area contributed by atoms with E-state index in [9.17, 15) is 0 Å². The molecule has 106 valence electrons. The summed E-state index contributed by atoms with van der Waals surface area (Å²) in [5.41, 5.74) is 6.02. The first-order chi connectivity index (χ1) is 9.90. The smallest absolute Gasteiger partial charge is 0.0659 e. The SMILES string of the molecule is c1ccc(Cn2cc(CNN3CCCCC3)cn2)cc1. The van der Waals surface area contributed by atoms with E-state index in [0.717, 1.165) is 26.2 Å². The second kappa shape index (κ2) is 6.68. The van der Waals surface area contributed by atoms with Gasteiger partial charge in [0.2, 0.25) is 0 Å². The third-order valence-electron chi connectivity index (χ3n) is 3.74. The van der Waals surface area contributed by atoms with Crippen molar-refractivity contribution in [1.29, 1.82) is 0 Å². The number of benzene rings is 1. The first-order valence-corrected chi connectivity index (χ1v) is 7.44. The first-order valence-electron chi connectivity index (χ1n) is 7.44. The van der Waals surface area contributed by atoms with Gasteiger partial charge in [0.15, 0.2) is 0 Å². The molecule has 4 nitrogen and oxygen atoms in total. The lowest BCUT2D eigenvalue weighted by molar-refractivity contribution is 0.151. The molecule has 1 fully saturated rings. The second-order valence-electron chi connectivity index (χ2n) is 5.41. The second-order valence-corrected chi connectivity index (χ2v) is 5.41. The molecule has 2 aromatic rings. The maximum Gasteiger partial charge on any atom is 0.0659 e. The fourth-order valence-corrected chi connectivity index (χ4v) is 2.61. The summed E-state index contributed by atoms with van der Waals surface area (Å²) in [7, 11) is 0. The Morgan fingerprint density at radius 2 is 1.80 bits per heavy atom. The molecule has 0 spiro atoms. The van der Waals surface area contributed by atoms with Gasteiger partial charge in [0.25, 0.3) is 0 Å². The van der Waals surface area contributed by atoms with Crippen molar-refractivity contribution in [2.45, 2.75) is 32.4 Å². The summed E-state index contributed by atoms with van der Waals surface area (Å²) in [4.78, 5) is 0. The van der Waals surface area contributed by atoms with E-state index in [2.05, 4.69) is 46.0 Å². The van der Waals surface area contributed by atoms with Crippen LogP contribution in [0.4, 0.5) is 0 Å². The van der Waals surface area contributed by atoms with Gasteiger partial charge >= 0.3 is 0 Å². The number of nitrogens with zero attached hydrogens (tertiary/aromatic N) is 3.